The number of hydrogen-bond donors (Lipinski definition) is 1. The summed E-state index contributed by atoms with van der Waals surface area (Å²) in [5.41, 5.74) is 5.88. The van der Waals surface area contributed by atoms with Gasteiger partial charge in [0.05, 0.1) is 0 Å². The highest BCUT2D eigenvalue weighted by molar-refractivity contribution is 5.68. The lowest BCUT2D eigenvalue weighted by Gasteiger charge is -2.33. The Kier molecular flexibility index (Phi) is 3.83. The standard InChI is InChI=1S/C15H22N6O2/c1-15(2,3)23-14(22)20-7-4-5-10(9-20)12-18-19-13-11(16)17-6-8-21(12)13/h6,8,10H,4-5,7,9H2,1-3H3,(H2,16,17)/t10-/m0/s1. The second kappa shape index (κ2) is 5.68. The topological polar surface area (TPSA) is 98.6 Å². The van der Waals surface area contributed by atoms with Gasteiger partial charge in [0.25, 0.3) is 0 Å². The summed E-state index contributed by atoms with van der Waals surface area (Å²) in [5, 5.41) is 8.38. The van der Waals surface area contributed by atoms with Crippen LogP contribution in [-0.2, 0) is 4.74 Å². The number of nitrogens with two attached hydrogens (primary N) is 1. The molecule has 1 fully saturated rings. The number of rotatable bonds is 1. The molecular weight excluding hydrogens is 296 g/mol. The number of amides is 1. The number of nitrogens with zero attached hydrogens (tertiary/aromatic N) is 5. The fraction of sp³-hybridized carbons (Fsp3) is 0.600. The second-order valence-corrected chi connectivity index (χ2v) is 6.83. The molecule has 1 aliphatic rings. The lowest BCUT2D eigenvalue weighted by Crippen LogP contribution is -2.42. The summed E-state index contributed by atoms with van der Waals surface area (Å²) in [6, 6.07) is 0. The average Bonchev–Trinajstić information content (AvgIpc) is 2.91. The molecule has 3 rings (SSSR count). The molecule has 1 amide bonds. The maximum atomic E-state index is 12.3. The predicted octanol–water partition coefficient (Wildman–Crippen LogP) is 1.82. The minimum absolute atomic E-state index is 0.105. The van der Waals surface area contributed by atoms with E-state index in [1.165, 1.54) is 0 Å². The zero-order chi connectivity index (χ0) is 16.6. The highest BCUT2D eigenvalue weighted by atomic mass is 16.6. The van der Waals surface area contributed by atoms with Crippen LogP contribution in [0.2, 0.25) is 0 Å². The zero-order valence-electron chi connectivity index (χ0n) is 13.7. The molecule has 124 valence electrons. The van der Waals surface area contributed by atoms with Gasteiger partial charge in [0, 0.05) is 31.4 Å². The summed E-state index contributed by atoms with van der Waals surface area (Å²) in [5.74, 6) is 1.27. The molecule has 0 radical (unpaired) electrons. The molecule has 2 N–H and O–H groups in total. The monoisotopic (exact) mass is 318 g/mol. The minimum atomic E-state index is -0.494. The van der Waals surface area contributed by atoms with Gasteiger partial charge in [0.2, 0.25) is 5.65 Å². The molecular formula is C15H22N6O2. The van der Waals surface area contributed by atoms with Gasteiger partial charge < -0.3 is 15.4 Å². The van der Waals surface area contributed by atoms with Crippen molar-refractivity contribution in [1.82, 2.24) is 24.5 Å². The van der Waals surface area contributed by atoms with Crippen LogP contribution in [0, 0.1) is 0 Å². The molecule has 0 aromatic carbocycles. The quantitative estimate of drug-likeness (QED) is 0.861. The predicted molar refractivity (Wildman–Crippen MR) is 85.0 cm³/mol. The van der Waals surface area contributed by atoms with Crippen molar-refractivity contribution in [2.24, 2.45) is 0 Å². The van der Waals surface area contributed by atoms with Gasteiger partial charge >= 0.3 is 6.09 Å². The van der Waals surface area contributed by atoms with E-state index in [4.69, 9.17) is 10.5 Å². The molecule has 2 aromatic heterocycles. The number of piperidine rings is 1. The van der Waals surface area contributed by atoms with Gasteiger partial charge in [0.15, 0.2) is 5.82 Å². The molecule has 2 aromatic rings. The molecule has 0 saturated carbocycles. The third-order valence-electron chi connectivity index (χ3n) is 3.82. The molecule has 3 heterocycles. The SMILES string of the molecule is CC(C)(C)OC(=O)N1CCC[C@H](c2nnc3c(N)nccn23)C1. The Morgan fingerprint density at radius 2 is 2.17 bits per heavy atom. The first-order valence-corrected chi connectivity index (χ1v) is 7.78. The van der Waals surface area contributed by atoms with Gasteiger partial charge in [-0.05, 0) is 33.6 Å². The van der Waals surface area contributed by atoms with Gasteiger partial charge in [-0.25, -0.2) is 9.78 Å². The van der Waals surface area contributed by atoms with Crippen LogP contribution < -0.4 is 5.73 Å². The number of likely N-dealkylation sites (tertiary alicyclic amines) is 1. The summed E-state index contributed by atoms with van der Waals surface area (Å²) in [6.07, 6.45) is 5.00. The van der Waals surface area contributed by atoms with Crippen molar-refractivity contribution < 1.29 is 9.53 Å². The highest BCUT2D eigenvalue weighted by Crippen LogP contribution is 2.27. The van der Waals surface area contributed by atoms with Crippen LogP contribution in [0.1, 0.15) is 45.4 Å². The van der Waals surface area contributed by atoms with E-state index in [0.29, 0.717) is 24.6 Å². The Morgan fingerprint density at radius 1 is 1.39 bits per heavy atom. The van der Waals surface area contributed by atoms with Crippen LogP contribution in [0.5, 0.6) is 0 Å². The van der Waals surface area contributed by atoms with Crippen LogP contribution in [0.15, 0.2) is 12.4 Å². The van der Waals surface area contributed by atoms with E-state index < -0.39 is 5.60 Å². The lowest BCUT2D eigenvalue weighted by atomic mass is 9.97. The number of nitrogen functional groups attached to an aromatic ring is 1. The summed E-state index contributed by atoms with van der Waals surface area (Å²) < 4.78 is 7.32. The van der Waals surface area contributed by atoms with E-state index in [-0.39, 0.29) is 12.0 Å². The second-order valence-electron chi connectivity index (χ2n) is 6.83. The third-order valence-corrected chi connectivity index (χ3v) is 3.82. The summed E-state index contributed by atoms with van der Waals surface area (Å²) >= 11 is 0. The van der Waals surface area contributed by atoms with Crippen LogP contribution in [-0.4, -0.2) is 49.3 Å². The molecule has 8 heteroatoms. The van der Waals surface area contributed by atoms with Crippen molar-refractivity contribution in [2.45, 2.75) is 45.1 Å². The van der Waals surface area contributed by atoms with Crippen molar-refractivity contribution in [1.29, 1.82) is 0 Å². The number of hydrogen-bond acceptors (Lipinski definition) is 6. The molecule has 0 bridgehead atoms. The molecule has 1 saturated heterocycles. The molecule has 0 spiro atoms. The largest absolute Gasteiger partial charge is 0.444 e. The maximum Gasteiger partial charge on any atom is 0.410 e. The Balaban J connectivity index is 1.80. The summed E-state index contributed by atoms with van der Waals surface area (Å²) in [7, 11) is 0. The van der Waals surface area contributed by atoms with Crippen molar-refractivity contribution in [3.8, 4) is 0 Å². The van der Waals surface area contributed by atoms with E-state index in [0.717, 1.165) is 18.7 Å². The van der Waals surface area contributed by atoms with E-state index >= 15 is 0 Å². The number of aromatic nitrogens is 4. The normalized spacial score (nSPS) is 19.1. The first-order valence-electron chi connectivity index (χ1n) is 7.78. The van der Waals surface area contributed by atoms with Crippen molar-refractivity contribution in [3.63, 3.8) is 0 Å². The Hall–Kier alpha value is -2.38. The van der Waals surface area contributed by atoms with E-state index in [1.807, 2.05) is 25.2 Å². The zero-order valence-corrected chi connectivity index (χ0v) is 13.7. The van der Waals surface area contributed by atoms with Crippen LogP contribution in [0.3, 0.4) is 0 Å². The minimum Gasteiger partial charge on any atom is -0.444 e. The Labute approximate surface area is 134 Å². The average molecular weight is 318 g/mol. The molecule has 8 nitrogen and oxygen atoms in total. The van der Waals surface area contributed by atoms with Gasteiger partial charge in [-0.15, -0.1) is 10.2 Å². The molecule has 0 unspecified atom stereocenters. The van der Waals surface area contributed by atoms with Crippen LogP contribution >= 0.6 is 0 Å². The van der Waals surface area contributed by atoms with Gasteiger partial charge in [-0.2, -0.15) is 0 Å². The van der Waals surface area contributed by atoms with Crippen molar-refractivity contribution >= 4 is 17.6 Å². The first-order chi connectivity index (χ1) is 10.8. The summed E-state index contributed by atoms with van der Waals surface area (Å²) in [6.45, 7) is 6.88. The van der Waals surface area contributed by atoms with Crippen LogP contribution in [0.25, 0.3) is 5.65 Å². The number of fused-ring (bicyclic) bond motifs is 1. The van der Waals surface area contributed by atoms with Crippen molar-refractivity contribution in [3.05, 3.63) is 18.2 Å². The number of anilines is 1. The third kappa shape index (κ3) is 3.20. The van der Waals surface area contributed by atoms with E-state index in [9.17, 15) is 4.79 Å². The number of carbonyl (C=O) groups is 1. The Morgan fingerprint density at radius 3 is 2.91 bits per heavy atom. The van der Waals surface area contributed by atoms with Crippen LogP contribution in [0.4, 0.5) is 10.6 Å². The maximum absolute atomic E-state index is 12.3. The lowest BCUT2D eigenvalue weighted by molar-refractivity contribution is 0.0195. The summed E-state index contributed by atoms with van der Waals surface area (Å²) in [4.78, 5) is 18.0. The highest BCUT2D eigenvalue weighted by Gasteiger charge is 2.30. The smallest absolute Gasteiger partial charge is 0.410 e. The first kappa shape index (κ1) is 15.5. The Bertz CT molecular complexity index is 720. The molecule has 1 aliphatic heterocycles. The van der Waals surface area contributed by atoms with E-state index in [1.54, 1.807) is 17.3 Å². The molecule has 0 aliphatic carbocycles. The van der Waals surface area contributed by atoms with Gasteiger partial charge in [0.1, 0.15) is 11.4 Å². The fourth-order valence-corrected chi connectivity index (χ4v) is 2.82. The molecule has 1 atom stereocenters. The number of ether oxygens (including phenoxy) is 1. The van der Waals surface area contributed by atoms with Gasteiger partial charge in [-0.3, -0.25) is 4.40 Å². The fourth-order valence-electron chi connectivity index (χ4n) is 2.82. The van der Waals surface area contributed by atoms with Crippen molar-refractivity contribution in [2.75, 3.05) is 18.8 Å². The van der Waals surface area contributed by atoms with Gasteiger partial charge in [-0.1, -0.05) is 0 Å². The number of carbonyl (C=O) groups excluding carboxylic acids is 1. The van der Waals surface area contributed by atoms with E-state index in [2.05, 4.69) is 15.2 Å². The molecule has 23 heavy (non-hydrogen) atoms.